The van der Waals surface area contributed by atoms with Crippen LogP contribution < -0.4 is 5.56 Å². The molecule has 0 aliphatic rings. The average molecular weight is 374 g/mol. The van der Waals surface area contributed by atoms with Crippen LogP contribution in [0.25, 0.3) is 0 Å². The fourth-order valence-electron chi connectivity index (χ4n) is 1.38. The number of aryl methyl sites for hydroxylation is 1. The van der Waals surface area contributed by atoms with E-state index in [4.69, 9.17) is 0 Å². The number of hydrogen-bond donors (Lipinski definition) is 1. The predicted octanol–water partition coefficient (Wildman–Crippen LogP) is 2.27. The van der Waals surface area contributed by atoms with E-state index in [9.17, 15) is 4.79 Å². The topological polar surface area (TPSA) is 71.5 Å². The Morgan fingerprint density at radius 3 is 3.06 bits per heavy atom. The maximum Gasteiger partial charge on any atom is 0.251 e. The summed E-state index contributed by atoms with van der Waals surface area (Å²) in [6, 6.07) is 1.54. The smallest absolute Gasteiger partial charge is 0.251 e. The van der Waals surface area contributed by atoms with E-state index in [0.717, 1.165) is 27.1 Å². The molecule has 0 radical (unpaired) electrons. The lowest BCUT2D eigenvalue weighted by Gasteiger charge is -2.03. The van der Waals surface area contributed by atoms with Gasteiger partial charge in [0.15, 0.2) is 5.16 Å². The third-order valence-corrected chi connectivity index (χ3v) is 4.17. The first-order valence-corrected chi connectivity index (χ1v) is 7.32. The van der Waals surface area contributed by atoms with Crippen LogP contribution in [0.5, 0.6) is 0 Å². The minimum Gasteiger partial charge on any atom is -0.301 e. The number of aromatic amines is 1. The Kier molecular flexibility index (Phi) is 4.70. The van der Waals surface area contributed by atoms with Crippen molar-refractivity contribution in [3.05, 3.63) is 38.2 Å². The highest BCUT2D eigenvalue weighted by Crippen LogP contribution is 2.25. The first-order valence-electron chi connectivity index (χ1n) is 5.42. The Labute approximate surface area is 122 Å². The van der Waals surface area contributed by atoms with Crippen LogP contribution in [0.2, 0.25) is 0 Å². The summed E-state index contributed by atoms with van der Waals surface area (Å²) in [5.41, 5.74) is 0.688. The number of halogens is 1. The summed E-state index contributed by atoms with van der Waals surface area (Å²) in [4.78, 5) is 26.7. The second-order valence-electron chi connectivity index (χ2n) is 3.57. The molecule has 0 aliphatic carbocycles. The van der Waals surface area contributed by atoms with E-state index in [-0.39, 0.29) is 5.56 Å². The van der Waals surface area contributed by atoms with Gasteiger partial charge in [0.1, 0.15) is 11.4 Å². The third-order valence-electron chi connectivity index (χ3n) is 2.11. The van der Waals surface area contributed by atoms with Gasteiger partial charge in [-0.05, 0) is 40.8 Å². The highest BCUT2D eigenvalue weighted by atomic mass is 127. The molecule has 2 aromatic rings. The first-order chi connectivity index (χ1) is 8.69. The molecule has 1 N–H and O–H groups in total. The molecule has 0 aliphatic heterocycles. The zero-order valence-electron chi connectivity index (χ0n) is 9.68. The number of H-pyrrole nitrogens is 1. The Morgan fingerprint density at radius 1 is 1.50 bits per heavy atom. The molecule has 94 valence electrons. The maximum atomic E-state index is 11.5. The van der Waals surface area contributed by atoms with Gasteiger partial charge in [-0.1, -0.05) is 13.3 Å². The monoisotopic (exact) mass is 374 g/mol. The summed E-state index contributed by atoms with van der Waals surface area (Å²) in [5.74, 6) is 0. The molecule has 0 bridgehead atoms. The molecular weight excluding hydrogens is 363 g/mol. The average Bonchev–Trinajstić information content (AvgIpc) is 2.32. The van der Waals surface area contributed by atoms with Gasteiger partial charge in [0.05, 0.1) is 3.57 Å². The number of aromatic nitrogens is 4. The minimum atomic E-state index is -0.125. The van der Waals surface area contributed by atoms with Crippen LogP contribution in [0.15, 0.2) is 33.6 Å². The van der Waals surface area contributed by atoms with Gasteiger partial charge in [0, 0.05) is 18.0 Å². The maximum absolute atomic E-state index is 11.5. The Morgan fingerprint density at radius 2 is 2.33 bits per heavy atom. The lowest BCUT2D eigenvalue weighted by Crippen LogP contribution is -2.10. The highest BCUT2D eigenvalue weighted by molar-refractivity contribution is 14.1. The quantitative estimate of drug-likeness (QED) is 0.505. The van der Waals surface area contributed by atoms with Gasteiger partial charge in [-0.15, -0.1) is 0 Å². The molecule has 0 atom stereocenters. The van der Waals surface area contributed by atoms with Crippen LogP contribution >= 0.6 is 34.4 Å². The van der Waals surface area contributed by atoms with E-state index in [1.54, 1.807) is 12.3 Å². The minimum absolute atomic E-state index is 0.125. The molecule has 0 amide bonds. The molecule has 0 fully saturated rings. The number of rotatable bonds is 4. The van der Waals surface area contributed by atoms with Crippen LogP contribution in [0, 0.1) is 3.57 Å². The molecule has 18 heavy (non-hydrogen) atoms. The standard InChI is InChI=1S/C11H11IN4OS/c1-2-3-7-4-9(17)16-11(15-7)18-10-8(12)5-13-6-14-10/h4-6H,2-3H2,1H3,(H,15,16,17). The molecule has 0 saturated carbocycles. The van der Waals surface area contributed by atoms with Crippen molar-refractivity contribution < 1.29 is 0 Å². The number of hydrogen-bond acceptors (Lipinski definition) is 5. The zero-order valence-corrected chi connectivity index (χ0v) is 12.7. The Bertz CT molecular complexity index is 602. The SMILES string of the molecule is CCCc1cc(=O)[nH]c(Sc2ncncc2I)n1. The third kappa shape index (κ3) is 3.52. The molecular formula is C11H11IN4OS. The molecule has 2 rings (SSSR count). The van der Waals surface area contributed by atoms with Crippen molar-refractivity contribution in [2.24, 2.45) is 0 Å². The van der Waals surface area contributed by atoms with Gasteiger partial charge in [-0.25, -0.2) is 15.0 Å². The lowest BCUT2D eigenvalue weighted by atomic mass is 10.2. The Hall–Kier alpha value is -0.960. The second-order valence-corrected chi connectivity index (χ2v) is 5.71. The van der Waals surface area contributed by atoms with E-state index < -0.39 is 0 Å². The summed E-state index contributed by atoms with van der Waals surface area (Å²) >= 11 is 3.50. The van der Waals surface area contributed by atoms with Crippen molar-refractivity contribution >= 4 is 34.4 Å². The number of nitrogens with zero attached hydrogens (tertiary/aromatic N) is 3. The van der Waals surface area contributed by atoms with Gasteiger partial charge >= 0.3 is 0 Å². The number of nitrogens with one attached hydrogen (secondary N) is 1. The molecule has 2 heterocycles. The first kappa shape index (κ1) is 13.5. The van der Waals surface area contributed by atoms with Gasteiger partial charge in [-0.2, -0.15) is 0 Å². The van der Waals surface area contributed by atoms with Crippen LogP contribution in [-0.4, -0.2) is 19.9 Å². The highest BCUT2D eigenvalue weighted by Gasteiger charge is 2.07. The van der Waals surface area contributed by atoms with E-state index in [1.807, 2.05) is 0 Å². The fraction of sp³-hybridized carbons (Fsp3) is 0.273. The zero-order chi connectivity index (χ0) is 13.0. The van der Waals surface area contributed by atoms with Crippen LogP contribution in [-0.2, 0) is 6.42 Å². The summed E-state index contributed by atoms with van der Waals surface area (Å²) in [7, 11) is 0. The van der Waals surface area contributed by atoms with E-state index in [0.29, 0.717) is 5.16 Å². The van der Waals surface area contributed by atoms with E-state index >= 15 is 0 Å². The second kappa shape index (κ2) is 6.28. The van der Waals surface area contributed by atoms with Crippen molar-refractivity contribution in [2.45, 2.75) is 29.9 Å². The molecule has 2 aromatic heterocycles. The van der Waals surface area contributed by atoms with Gasteiger partial charge in [0.2, 0.25) is 0 Å². The Balaban J connectivity index is 2.29. The normalized spacial score (nSPS) is 10.6. The fourth-order valence-corrected chi connectivity index (χ4v) is 2.76. The van der Waals surface area contributed by atoms with Crippen molar-refractivity contribution in [1.29, 1.82) is 0 Å². The summed E-state index contributed by atoms with van der Waals surface area (Å²) in [6.07, 6.45) is 4.98. The van der Waals surface area contributed by atoms with Crippen molar-refractivity contribution in [3.8, 4) is 0 Å². The van der Waals surface area contributed by atoms with Crippen molar-refractivity contribution in [2.75, 3.05) is 0 Å². The van der Waals surface area contributed by atoms with Gasteiger partial charge in [-0.3, -0.25) is 4.79 Å². The van der Waals surface area contributed by atoms with Crippen LogP contribution in [0.4, 0.5) is 0 Å². The molecule has 7 heteroatoms. The lowest BCUT2D eigenvalue weighted by molar-refractivity contribution is 0.814. The van der Waals surface area contributed by atoms with Crippen molar-refractivity contribution in [3.63, 3.8) is 0 Å². The molecule has 5 nitrogen and oxygen atoms in total. The van der Waals surface area contributed by atoms with E-state index in [2.05, 4.69) is 49.5 Å². The largest absolute Gasteiger partial charge is 0.301 e. The summed E-state index contributed by atoms with van der Waals surface area (Å²) < 4.78 is 0.934. The van der Waals surface area contributed by atoms with Crippen LogP contribution in [0.1, 0.15) is 19.0 Å². The molecule has 0 unspecified atom stereocenters. The summed E-state index contributed by atoms with van der Waals surface area (Å²) in [6.45, 7) is 2.06. The van der Waals surface area contributed by atoms with Gasteiger partial charge in [0.25, 0.3) is 5.56 Å². The molecule has 0 spiro atoms. The molecule has 0 saturated heterocycles. The predicted molar refractivity (Wildman–Crippen MR) is 77.7 cm³/mol. The van der Waals surface area contributed by atoms with Gasteiger partial charge < -0.3 is 4.98 Å². The van der Waals surface area contributed by atoms with Crippen LogP contribution in [0.3, 0.4) is 0 Å². The van der Waals surface area contributed by atoms with E-state index in [1.165, 1.54) is 18.1 Å². The molecule has 0 aromatic carbocycles. The van der Waals surface area contributed by atoms with Crippen molar-refractivity contribution in [1.82, 2.24) is 19.9 Å². The summed E-state index contributed by atoms with van der Waals surface area (Å²) in [5, 5.41) is 1.37.